The first-order valence-electron chi connectivity index (χ1n) is 8.83. The van der Waals surface area contributed by atoms with E-state index in [1.165, 1.54) is 0 Å². The fourth-order valence-corrected chi connectivity index (χ4v) is 3.33. The van der Waals surface area contributed by atoms with Crippen molar-refractivity contribution in [2.24, 2.45) is 5.11 Å². The summed E-state index contributed by atoms with van der Waals surface area (Å²) in [4.78, 5) is 18.2. The molecule has 0 spiro atoms. The van der Waals surface area contributed by atoms with Crippen LogP contribution in [0, 0.1) is 0 Å². The van der Waals surface area contributed by atoms with Crippen molar-refractivity contribution in [3.63, 3.8) is 0 Å². The molecule has 0 saturated heterocycles. The molecular weight excluding hydrogens is 364 g/mol. The predicted octanol–water partition coefficient (Wildman–Crippen LogP) is 3.97. The third-order valence-corrected chi connectivity index (χ3v) is 5.77. The SMILES string of the molecule is C[Si](C)(C)CCOCn1c(CNC(=O)O)nc2cc(CCN=[N+]=[N-])ccc21. The normalized spacial score (nSPS) is 11.4. The van der Waals surface area contributed by atoms with Gasteiger partial charge in [-0.2, -0.15) is 0 Å². The van der Waals surface area contributed by atoms with Crippen LogP contribution in [-0.2, 0) is 24.4 Å². The van der Waals surface area contributed by atoms with Gasteiger partial charge in [-0.05, 0) is 35.7 Å². The molecule has 2 aromatic rings. The van der Waals surface area contributed by atoms with E-state index in [2.05, 4.69) is 40.0 Å². The Bertz CT molecular complexity index is 839. The van der Waals surface area contributed by atoms with Crippen LogP contribution < -0.4 is 5.32 Å². The summed E-state index contributed by atoms with van der Waals surface area (Å²) in [6, 6.07) is 6.90. The van der Waals surface area contributed by atoms with E-state index in [4.69, 9.17) is 15.4 Å². The molecule has 1 amide bonds. The highest BCUT2D eigenvalue weighted by atomic mass is 28.3. The number of fused-ring (bicyclic) bond motifs is 1. The quantitative estimate of drug-likeness (QED) is 0.209. The topological polar surface area (TPSA) is 125 Å². The molecule has 0 saturated carbocycles. The minimum Gasteiger partial charge on any atom is -0.465 e. The van der Waals surface area contributed by atoms with Crippen molar-refractivity contribution < 1.29 is 14.6 Å². The van der Waals surface area contributed by atoms with Crippen LogP contribution in [0.3, 0.4) is 0 Å². The molecule has 10 heteroatoms. The number of carboxylic acid groups (broad SMARTS) is 1. The van der Waals surface area contributed by atoms with Gasteiger partial charge in [-0.25, -0.2) is 9.78 Å². The number of amides is 1. The van der Waals surface area contributed by atoms with Gasteiger partial charge in [-0.3, -0.25) is 0 Å². The highest BCUT2D eigenvalue weighted by Gasteiger charge is 2.15. The van der Waals surface area contributed by atoms with Crippen LogP contribution in [0.4, 0.5) is 4.79 Å². The Kier molecular flexibility index (Phi) is 7.23. The Morgan fingerprint density at radius 1 is 1.44 bits per heavy atom. The molecule has 1 aromatic carbocycles. The van der Waals surface area contributed by atoms with E-state index in [1.54, 1.807) is 0 Å². The number of ether oxygens (including phenoxy) is 1. The Morgan fingerprint density at radius 3 is 2.89 bits per heavy atom. The van der Waals surface area contributed by atoms with Crippen molar-refractivity contribution >= 4 is 25.2 Å². The number of nitrogens with zero attached hydrogens (tertiary/aromatic N) is 5. The molecule has 0 bridgehead atoms. The number of hydrogen-bond donors (Lipinski definition) is 2. The first-order valence-corrected chi connectivity index (χ1v) is 12.5. The van der Waals surface area contributed by atoms with E-state index in [-0.39, 0.29) is 6.54 Å². The summed E-state index contributed by atoms with van der Waals surface area (Å²) in [6.45, 7) is 8.38. The molecule has 0 unspecified atom stereocenters. The molecule has 9 nitrogen and oxygen atoms in total. The summed E-state index contributed by atoms with van der Waals surface area (Å²) in [6.07, 6.45) is -0.467. The van der Waals surface area contributed by atoms with Crippen LogP contribution in [0.2, 0.25) is 25.7 Å². The monoisotopic (exact) mass is 390 g/mol. The smallest absolute Gasteiger partial charge is 0.405 e. The van der Waals surface area contributed by atoms with Gasteiger partial charge in [0.25, 0.3) is 0 Å². The van der Waals surface area contributed by atoms with E-state index in [0.29, 0.717) is 32.1 Å². The van der Waals surface area contributed by atoms with Gasteiger partial charge in [-0.15, -0.1) is 0 Å². The second-order valence-corrected chi connectivity index (χ2v) is 13.1. The lowest BCUT2D eigenvalue weighted by molar-refractivity contribution is 0.0876. The molecule has 0 aliphatic carbocycles. The number of aromatic nitrogens is 2. The Labute approximate surface area is 159 Å². The van der Waals surface area contributed by atoms with Crippen LogP contribution >= 0.6 is 0 Å². The highest BCUT2D eigenvalue weighted by molar-refractivity contribution is 6.76. The maximum Gasteiger partial charge on any atom is 0.405 e. The van der Waals surface area contributed by atoms with Gasteiger partial charge >= 0.3 is 6.09 Å². The molecule has 27 heavy (non-hydrogen) atoms. The molecule has 1 heterocycles. The molecule has 2 N–H and O–H groups in total. The summed E-state index contributed by atoms with van der Waals surface area (Å²) in [7, 11) is -1.17. The third kappa shape index (κ3) is 6.59. The van der Waals surface area contributed by atoms with Crippen LogP contribution in [0.15, 0.2) is 23.3 Å². The Balaban J connectivity index is 2.20. The predicted molar refractivity (Wildman–Crippen MR) is 106 cm³/mol. The van der Waals surface area contributed by atoms with Gasteiger partial charge in [-0.1, -0.05) is 30.8 Å². The maximum atomic E-state index is 10.9. The van der Waals surface area contributed by atoms with Gasteiger partial charge in [0.1, 0.15) is 12.6 Å². The van der Waals surface area contributed by atoms with Crippen molar-refractivity contribution in [2.75, 3.05) is 13.2 Å². The summed E-state index contributed by atoms with van der Waals surface area (Å²) >= 11 is 0. The number of benzene rings is 1. The van der Waals surface area contributed by atoms with Gasteiger partial charge in [0.2, 0.25) is 0 Å². The molecule has 146 valence electrons. The Hall–Kier alpha value is -2.55. The second-order valence-electron chi connectivity index (χ2n) is 7.49. The number of carbonyl (C=O) groups is 1. The molecule has 0 radical (unpaired) electrons. The van der Waals surface area contributed by atoms with Gasteiger partial charge in [0, 0.05) is 26.1 Å². The van der Waals surface area contributed by atoms with Crippen molar-refractivity contribution in [3.05, 3.63) is 40.0 Å². The van der Waals surface area contributed by atoms with Gasteiger partial charge in [0.15, 0.2) is 0 Å². The van der Waals surface area contributed by atoms with Crippen LogP contribution in [0.25, 0.3) is 21.5 Å². The molecule has 0 fully saturated rings. The molecule has 1 aromatic heterocycles. The molecule has 2 rings (SSSR count). The zero-order valence-corrected chi connectivity index (χ0v) is 17.0. The number of imidazole rings is 1. The fourth-order valence-electron chi connectivity index (χ4n) is 2.57. The standard InChI is InChI=1S/C17H26N6O3Si/c1-27(2,3)9-8-26-12-23-15-5-4-13(6-7-20-22-18)10-14(15)21-16(23)11-19-17(24)25/h4-5,10,19H,6-9,11-12H2,1-3H3,(H,24,25). The average Bonchev–Trinajstić information content (AvgIpc) is 2.93. The summed E-state index contributed by atoms with van der Waals surface area (Å²) in [5.41, 5.74) is 11.1. The number of azide groups is 1. The fraction of sp³-hybridized carbons (Fsp3) is 0.529. The van der Waals surface area contributed by atoms with Crippen molar-refractivity contribution in [1.29, 1.82) is 0 Å². The first-order chi connectivity index (χ1) is 12.8. The number of nitrogens with one attached hydrogen (secondary N) is 1. The van der Waals surface area contributed by atoms with E-state index < -0.39 is 14.2 Å². The lowest BCUT2D eigenvalue weighted by Gasteiger charge is -2.16. The maximum absolute atomic E-state index is 10.9. The average molecular weight is 391 g/mol. The van der Waals surface area contributed by atoms with Gasteiger partial charge in [0.05, 0.1) is 17.6 Å². The number of hydrogen-bond acceptors (Lipinski definition) is 4. The van der Waals surface area contributed by atoms with E-state index >= 15 is 0 Å². The van der Waals surface area contributed by atoms with Crippen molar-refractivity contribution in [1.82, 2.24) is 14.9 Å². The van der Waals surface area contributed by atoms with E-state index in [0.717, 1.165) is 22.6 Å². The summed E-state index contributed by atoms with van der Waals surface area (Å²) < 4.78 is 7.74. The lowest BCUT2D eigenvalue weighted by atomic mass is 10.1. The largest absolute Gasteiger partial charge is 0.465 e. The number of rotatable bonds is 10. The van der Waals surface area contributed by atoms with Crippen molar-refractivity contribution in [2.45, 2.75) is 45.4 Å². The first kappa shape index (κ1) is 20.8. The molecular formula is C17H26N6O3Si. The lowest BCUT2D eigenvalue weighted by Crippen LogP contribution is -2.24. The van der Waals surface area contributed by atoms with Crippen LogP contribution in [0.1, 0.15) is 11.4 Å². The summed E-state index contributed by atoms with van der Waals surface area (Å²) in [5, 5.41) is 14.8. The third-order valence-electron chi connectivity index (χ3n) is 4.07. The van der Waals surface area contributed by atoms with Crippen molar-refractivity contribution in [3.8, 4) is 0 Å². The molecule has 0 aliphatic rings. The van der Waals surface area contributed by atoms with Gasteiger partial charge < -0.3 is 19.7 Å². The van der Waals surface area contributed by atoms with Crippen LogP contribution in [0.5, 0.6) is 0 Å². The Morgan fingerprint density at radius 2 is 2.22 bits per heavy atom. The zero-order valence-electron chi connectivity index (χ0n) is 16.0. The van der Waals surface area contributed by atoms with E-state index in [1.807, 2.05) is 22.8 Å². The second kappa shape index (κ2) is 9.40. The molecule has 0 aliphatic heterocycles. The zero-order chi connectivity index (χ0) is 19.9. The van der Waals surface area contributed by atoms with E-state index in [9.17, 15) is 4.79 Å². The molecule has 0 atom stereocenters. The summed E-state index contributed by atoms with van der Waals surface area (Å²) in [5.74, 6) is 0.604. The minimum atomic E-state index is -1.17. The minimum absolute atomic E-state index is 0.107. The highest BCUT2D eigenvalue weighted by Crippen LogP contribution is 2.19. The van der Waals surface area contributed by atoms with Crippen LogP contribution in [-0.4, -0.2) is 42.0 Å².